The molecule has 3 atom stereocenters. The highest BCUT2D eigenvalue weighted by atomic mass is 19.1. The Balaban J connectivity index is 2.52. The standard InChI is InChI=1S/C8H16F2N2/c1-6-8(4-10)11-7(3-9)5-12(6)2/h6-8,11H,3-5H2,1-2H3/t6-,7+,8-/m0/s1. The van der Waals surface area contributed by atoms with Gasteiger partial charge in [-0.3, -0.25) is 0 Å². The molecule has 0 aliphatic carbocycles. The first-order valence-corrected chi connectivity index (χ1v) is 4.27. The van der Waals surface area contributed by atoms with Crippen LogP contribution in [-0.4, -0.2) is 50.0 Å². The Kier molecular flexibility index (Phi) is 3.40. The summed E-state index contributed by atoms with van der Waals surface area (Å²) in [6, 6.07) is -0.269. The van der Waals surface area contributed by atoms with Crippen LogP contribution in [0.1, 0.15) is 6.92 Å². The van der Waals surface area contributed by atoms with Crippen LogP contribution in [0.4, 0.5) is 8.78 Å². The minimum absolute atomic E-state index is 0.151. The van der Waals surface area contributed by atoms with E-state index >= 15 is 0 Å². The molecule has 1 saturated heterocycles. The third-order valence-corrected chi connectivity index (χ3v) is 2.59. The fourth-order valence-corrected chi connectivity index (χ4v) is 1.58. The van der Waals surface area contributed by atoms with Crippen LogP contribution >= 0.6 is 0 Å². The van der Waals surface area contributed by atoms with E-state index in [1.807, 2.05) is 18.9 Å². The van der Waals surface area contributed by atoms with Crippen molar-refractivity contribution < 1.29 is 8.78 Å². The van der Waals surface area contributed by atoms with E-state index in [0.29, 0.717) is 6.54 Å². The van der Waals surface area contributed by atoms with E-state index < -0.39 is 13.3 Å². The molecule has 0 bridgehead atoms. The molecule has 1 aliphatic rings. The first kappa shape index (κ1) is 9.86. The van der Waals surface area contributed by atoms with E-state index in [2.05, 4.69) is 5.32 Å². The quantitative estimate of drug-likeness (QED) is 0.665. The summed E-state index contributed by atoms with van der Waals surface area (Å²) in [4.78, 5) is 1.99. The molecule has 12 heavy (non-hydrogen) atoms. The predicted molar refractivity (Wildman–Crippen MR) is 44.8 cm³/mol. The van der Waals surface area contributed by atoms with Gasteiger partial charge in [-0.2, -0.15) is 0 Å². The third-order valence-electron chi connectivity index (χ3n) is 2.59. The van der Waals surface area contributed by atoms with E-state index in [-0.39, 0.29) is 18.1 Å². The zero-order chi connectivity index (χ0) is 9.14. The Labute approximate surface area is 71.9 Å². The lowest BCUT2D eigenvalue weighted by Crippen LogP contribution is -2.61. The zero-order valence-electron chi connectivity index (χ0n) is 7.56. The van der Waals surface area contributed by atoms with Gasteiger partial charge in [-0.1, -0.05) is 0 Å². The smallest absolute Gasteiger partial charge is 0.106 e. The number of hydrogen-bond donors (Lipinski definition) is 1. The van der Waals surface area contributed by atoms with Gasteiger partial charge in [0.1, 0.15) is 13.3 Å². The van der Waals surface area contributed by atoms with Gasteiger partial charge in [0, 0.05) is 18.6 Å². The Bertz CT molecular complexity index is 143. The van der Waals surface area contributed by atoms with Gasteiger partial charge in [0.25, 0.3) is 0 Å². The molecule has 0 saturated carbocycles. The summed E-state index contributed by atoms with van der Waals surface area (Å²) in [6.45, 7) is 1.76. The number of rotatable bonds is 2. The highest BCUT2D eigenvalue weighted by Crippen LogP contribution is 2.11. The first-order chi connectivity index (χ1) is 5.69. The van der Waals surface area contributed by atoms with Crippen LogP contribution in [0, 0.1) is 0 Å². The molecule has 0 aromatic carbocycles. The van der Waals surface area contributed by atoms with Crippen LogP contribution < -0.4 is 5.32 Å². The molecule has 0 spiro atoms. The van der Waals surface area contributed by atoms with Crippen molar-refractivity contribution in [1.82, 2.24) is 10.2 Å². The van der Waals surface area contributed by atoms with Crippen molar-refractivity contribution in [1.29, 1.82) is 0 Å². The second-order valence-corrected chi connectivity index (χ2v) is 3.46. The van der Waals surface area contributed by atoms with Gasteiger partial charge in [-0.05, 0) is 14.0 Å². The molecule has 1 rings (SSSR count). The van der Waals surface area contributed by atoms with Crippen molar-refractivity contribution >= 4 is 0 Å². The van der Waals surface area contributed by atoms with Gasteiger partial charge in [-0.25, -0.2) is 8.78 Å². The minimum Gasteiger partial charge on any atom is -0.304 e. The van der Waals surface area contributed by atoms with Crippen molar-refractivity contribution in [2.45, 2.75) is 25.0 Å². The Morgan fingerprint density at radius 1 is 1.42 bits per heavy atom. The highest BCUT2D eigenvalue weighted by molar-refractivity contribution is 4.89. The molecule has 1 aliphatic heterocycles. The molecule has 0 unspecified atom stereocenters. The van der Waals surface area contributed by atoms with E-state index in [9.17, 15) is 8.78 Å². The Morgan fingerprint density at radius 2 is 2.08 bits per heavy atom. The maximum Gasteiger partial charge on any atom is 0.106 e. The molecule has 0 aromatic heterocycles. The summed E-state index contributed by atoms with van der Waals surface area (Å²) in [5, 5.41) is 2.94. The lowest BCUT2D eigenvalue weighted by atomic mass is 10.0. The fraction of sp³-hybridized carbons (Fsp3) is 1.00. The van der Waals surface area contributed by atoms with Gasteiger partial charge >= 0.3 is 0 Å². The van der Waals surface area contributed by atoms with Gasteiger partial charge in [0.2, 0.25) is 0 Å². The third kappa shape index (κ3) is 1.93. The average Bonchev–Trinajstić information content (AvgIpc) is 2.09. The van der Waals surface area contributed by atoms with Crippen molar-refractivity contribution in [3.8, 4) is 0 Å². The zero-order valence-corrected chi connectivity index (χ0v) is 7.56. The molecule has 1 heterocycles. The summed E-state index contributed by atoms with van der Waals surface area (Å²) >= 11 is 0. The number of halogens is 2. The molecule has 0 amide bonds. The SMILES string of the molecule is C[C@H]1[C@H](CF)N[C@H](CF)CN1C. The second kappa shape index (κ2) is 4.14. The number of piperazine rings is 1. The predicted octanol–water partition coefficient (Wildman–Crippen LogP) is 0.586. The van der Waals surface area contributed by atoms with Gasteiger partial charge in [0.15, 0.2) is 0 Å². The largest absolute Gasteiger partial charge is 0.304 e. The molecule has 0 radical (unpaired) electrons. The van der Waals surface area contributed by atoms with E-state index in [1.54, 1.807) is 0 Å². The van der Waals surface area contributed by atoms with Crippen molar-refractivity contribution in [3.05, 3.63) is 0 Å². The van der Waals surface area contributed by atoms with Crippen molar-refractivity contribution in [2.75, 3.05) is 26.9 Å². The minimum atomic E-state index is -0.429. The normalized spacial score (nSPS) is 38.5. The number of likely N-dealkylation sites (N-methyl/N-ethyl adjacent to an activating group) is 1. The van der Waals surface area contributed by atoms with Crippen LogP contribution in [0.5, 0.6) is 0 Å². The van der Waals surface area contributed by atoms with Crippen molar-refractivity contribution in [2.24, 2.45) is 0 Å². The molecule has 4 heteroatoms. The maximum atomic E-state index is 12.4. The van der Waals surface area contributed by atoms with Crippen LogP contribution in [-0.2, 0) is 0 Å². The first-order valence-electron chi connectivity index (χ1n) is 4.27. The van der Waals surface area contributed by atoms with Crippen molar-refractivity contribution in [3.63, 3.8) is 0 Å². The van der Waals surface area contributed by atoms with Gasteiger partial charge in [-0.15, -0.1) is 0 Å². The number of nitrogens with zero attached hydrogens (tertiary/aromatic N) is 1. The molecule has 72 valence electrons. The van der Waals surface area contributed by atoms with Gasteiger partial charge < -0.3 is 10.2 Å². The summed E-state index contributed by atoms with van der Waals surface area (Å²) < 4.78 is 24.7. The number of nitrogens with one attached hydrogen (secondary N) is 1. The topological polar surface area (TPSA) is 15.3 Å². The lowest BCUT2D eigenvalue weighted by molar-refractivity contribution is 0.102. The summed E-state index contributed by atoms with van der Waals surface area (Å²) in [5.41, 5.74) is 0. The van der Waals surface area contributed by atoms with Crippen LogP contribution in [0.15, 0.2) is 0 Å². The Morgan fingerprint density at radius 3 is 2.58 bits per heavy atom. The van der Waals surface area contributed by atoms with E-state index in [1.165, 1.54) is 0 Å². The molecule has 0 aromatic rings. The molecular formula is C8H16F2N2. The second-order valence-electron chi connectivity index (χ2n) is 3.46. The maximum absolute atomic E-state index is 12.4. The summed E-state index contributed by atoms with van der Waals surface area (Å²) in [6.07, 6.45) is 0. The average molecular weight is 178 g/mol. The Hall–Kier alpha value is -0.220. The summed E-state index contributed by atoms with van der Waals surface area (Å²) in [5.74, 6) is 0. The molecule has 1 fully saturated rings. The van der Waals surface area contributed by atoms with Crippen LogP contribution in [0.2, 0.25) is 0 Å². The molecule has 1 N–H and O–H groups in total. The van der Waals surface area contributed by atoms with E-state index in [4.69, 9.17) is 0 Å². The fourth-order valence-electron chi connectivity index (χ4n) is 1.58. The van der Waals surface area contributed by atoms with Crippen LogP contribution in [0.25, 0.3) is 0 Å². The number of hydrogen-bond acceptors (Lipinski definition) is 2. The highest BCUT2D eigenvalue weighted by Gasteiger charge is 2.30. The monoisotopic (exact) mass is 178 g/mol. The van der Waals surface area contributed by atoms with E-state index in [0.717, 1.165) is 0 Å². The lowest BCUT2D eigenvalue weighted by Gasteiger charge is -2.40. The molecular weight excluding hydrogens is 162 g/mol. The summed E-state index contributed by atoms with van der Waals surface area (Å²) in [7, 11) is 1.90. The van der Waals surface area contributed by atoms with Crippen LogP contribution in [0.3, 0.4) is 0 Å². The van der Waals surface area contributed by atoms with Gasteiger partial charge in [0.05, 0.1) is 6.04 Å². The number of alkyl halides is 2. The molecule has 2 nitrogen and oxygen atoms in total.